The average Bonchev–Trinajstić information content (AvgIpc) is 2.66. The maximum absolute atomic E-state index is 12.5. The molecule has 0 radical (unpaired) electrons. The molecule has 27 heavy (non-hydrogen) atoms. The van der Waals surface area contributed by atoms with E-state index in [2.05, 4.69) is 10.0 Å². The Bertz CT molecular complexity index is 865. The van der Waals surface area contributed by atoms with Crippen molar-refractivity contribution in [2.45, 2.75) is 11.4 Å². The summed E-state index contributed by atoms with van der Waals surface area (Å²) in [5, 5.41) is 2.79. The van der Waals surface area contributed by atoms with E-state index in [1.54, 1.807) is 12.1 Å². The molecule has 2 aromatic carbocycles. The summed E-state index contributed by atoms with van der Waals surface area (Å²) in [4.78, 5) is 14.1. The number of nitrogens with zero attached hydrogens (tertiary/aromatic N) is 1. The van der Waals surface area contributed by atoms with Crippen molar-refractivity contribution < 1.29 is 17.9 Å². The second kappa shape index (κ2) is 9.50. The number of ether oxygens (including phenoxy) is 1. The largest absolute Gasteiger partial charge is 0.496 e. The monoisotopic (exact) mass is 391 g/mol. The summed E-state index contributed by atoms with van der Waals surface area (Å²) >= 11 is 0. The third kappa shape index (κ3) is 6.06. The Morgan fingerprint density at radius 2 is 1.74 bits per heavy atom. The van der Waals surface area contributed by atoms with Crippen LogP contribution in [0.25, 0.3) is 0 Å². The van der Waals surface area contributed by atoms with E-state index in [-0.39, 0.29) is 17.3 Å². The molecule has 0 spiro atoms. The first-order chi connectivity index (χ1) is 12.8. The average molecular weight is 391 g/mol. The number of hydrogen-bond acceptors (Lipinski definition) is 5. The second-order valence-electron chi connectivity index (χ2n) is 6.22. The summed E-state index contributed by atoms with van der Waals surface area (Å²) in [6.07, 6.45) is 0. The molecule has 0 aliphatic carbocycles. The minimum Gasteiger partial charge on any atom is -0.496 e. The fourth-order valence-corrected chi connectivity index (χ4v) is 3.39. The number of likely N-dealkylation sites (N-methyl/N-ethyl adjacent to an activating group) is 1. The van der Waals surface area contributed by atoms with Crippen LogP contribution in [0.4, 0.5) is 0 Å². The number of nitrogens with one attached hydrogen (secondary N) is 2. The molecule has 0 saturated heterocycles. The Morgan fingerprint density at radius 3 is 2.37 bits per heavy atom. The second-order valence-corrected chi connectivity index (χ2v) is 7.99. The Hall–Kier alpha value is -2.42. The van der Waals surface area contributed by atoms with E-state index in [0.717, 1.165) is 12.1 Å². The Kier molecular flexibility index (Phi) is 7.35. The molecule has 0 aromatic heterocycles. The molecule has 8 heteroatoms. The van der Waals surface area contributed by atoms with E-state index in [1.807, 2.05) is 31.1 Å². The van der Waals surface area contributed by atoms with Gasteiger partial charge in [0.2, 0.25) is 10.0 Å². The van der Waals surface area contributed by atoms with E-state index in [1.165, 1.54) is 31.4 Å². The fraction of sp³-hybridized carbons (Fsp3) is 0.316. The van der Waals surface area contributed by atoms with Crippen molar-refractivity contribution in [2.24, 2.45) is 0 Å². The molecule has 0 saturated carbocycles. The number of hydrogen-bond donors (Lipinski definition) is 2. The number of rotatable bonds is 9. The fourth-order valence-electron chi connectivity index (χ4n) is 2.39. The van der Waals surface area contributed by atoms with Gasteiger partial charge in [-0.3, -0.25) is 4.79 Å². The third-order valence-corrected chi connectivity index (χ3v) is 5.33. The predicted octanol–water partition coefficient (Wildman–Crippen LogP) is 1.47. The van der Waals surface area contributed by atoms with Crippen molar-refractivity contribution in [1.29, 1.82) is 0 Å². The van der Waals surface area contributed by atoms with Gasteiger partial charge in [-0.2, -0.15) is 0 Å². The van der Waals surface area contributed by atoms with Crippen LogP contribution < -0.4 is 14.8 Å². The van der Waals surface area contributed by atoms with Gasteiger partial charge in [0.25, 0.3) is 5.91 Å². The lowest BCUT2D eigenvalue weighted by Crippen LogP contribution is -2.31. The van der Waals surface area contributed by atoms with Gasteiger partial charge in [0, 0.05) is 30.8 Å². The molecule has 0 heterocycles. The number of carbonyl (C=O) groups is 1. The molecule has 0 atom stereocenters. The van der Waals surface area contributed by atoms with Crippen LogP contribution in [-0.2, 0) is 16.6 Å². The number of benzene rings is 2. The van der Waals surface area contributed by atoms with Crippen LogP contribution in [0.2, 0.25) is 0 Å². The number of carbonyl (C=O) groups excluding carboxylic acids is 1. The molecule has 7 nitrogen and oxygen atoms in total. The zero-order chi connectivity index (χ0) is 19.9. The maximum Gasteiger partial charge on any atom is 0.251 e. The first kappa shape index (κ1) is 20.9. The van der Waals surface area contributed by atoms with Crippen molar-refractivity contribution >= 4 is 15.9 Å². The summed E-state index contributed by atoms with van der Waals surface area (Å²) in [7, 11) is 1.68. The summed E-state index contributed by atoms with van der Waals surface area (Å²) in [6, 6.07) is 13.0. The van der Waals surface area contributed by atoms with Crippen molar-refractivity contribution in [3.63, 3.8) is 0 Å². The van der Waals surface area contributed by atoms with Crippen LogP contribution in [0.3, 0.4) is 0 Å². The summed E-state index contributed by atoms with van der Waals surface area (Å²) in [5.74, 6) is 0.382. The van der Waals surface area contributed by atoms with Gasteiger partial charge in [0.05, 0.1) is 12.0 Å². The Labute approximate surface area is 160 Å². The lowest BCUT2D eigenvalue weighted by Gasteiger charge is -2.11. The van der Waals surface area contributed by atoms with Gasteiger partial charge in [0.15, 0.2) is 0 Å². The standard InChI is InChI=1S/C19H25N3O4S/c1-22(2)13-12-20-19(23)15-8-10-17(11-9-15)27(24,25)21-14-16-6-4-5-7-18(16)26-3/h4-11,21H,12-14H2,1-3H3,(H,20,23). The van der Waals surface area contributed by atoms with E-state index in [9.17, 15) is 13.2 Å². The van der Waals surface area contributed by atoms with Gasteiger partial charge in [-0.15, -0.1) is 0 Å². The topological polar surface area (TPSA) is 87.7 Å². The zero-order valence-corrected chi connectivity index (χ0v) is 16.5. The zero-order valence-electron chi connectivity index (χ0n) is 15.7. The molecular weight excluding hydrogens is 366 g/mol. The molecule has 0 aliphatic rings. The Balaban J connectivity index is 2.01. The van der Waals surface area contributed by atoms with E-state index >= 15 is 0 Å². The van der Waals surface area contributed by atoms with E-state index in [0.29, 0.717) is 17.9 Å². The highest BCUT2D eigenvalue weighted by Gasteiger charge is 2.15. The molecule has 0 unspecified atom stereocenters. The van der Waals surface area contributed by atoms with Gasteiger partial charge in [0.1, 0.15) is 5.75 Å². The quantitative estimate of drug-likeness (QED) is 0.676. The van der Waals surface area contributed by atoms with Crippen LogP contribution in [0.15, 0.2) is 53.4 Å². The lowest BCUT2D eigenvalue weighted by molar-refractivity contribution is 0.0951. The highest BCUT2D eigenvalue weighted by molar-refractivity contribution is 7.89. The molecule has 2 rings (SSSR count). The molecule has 2 N–H and O–H groups in total. The van der Waals surface area contributed by atoms with Crippen molar-refractivity contribution in [2.75, 3.05) is 34.3 Å². The minimum absolute atomic E-state index is 0.0993. The van der Waals surface area contributed by atoms with Crippen LogP contribution in [0, 0.1) is 0 Å². The number of sulfonamides is 1. The number of amides is 1. The van der Waals surface area contributed by atoms with Crippen LogP contribution >= 0.6 is 0 Å². The van der Waals surface area contributed by atoms with Gasteiger partial charge < -0.3 is 15.0 Å². The van der Waals surface area contributed by atoms with Crippen LogP contribution in [0.1, 0.15) is 15.9 Å². The van der Waals surface area contributed by atoms with Gasteiger partial charge in [-0.05, 0) is 44.4 Å². The molecule has 0 aliphatic heterocycles. The Morgan fingerprint density at radius 1 is 1.07 bits per heavy atom. The summed E-state index contributed by atoms with van der Waals surface area (Å²) < 4.78 is 32.7. The summed E-state index contributed by atoms with van der Waals surface area (Å²) in [6.45, 7) is 1.36. The molecule has 0 fully saturated rings. The molecule has 2 aromatic rings. The van der Waals surface area contributed by atoms with Gasteiger partial charge in [-0.1, -0.05) is 18.2 Å². The number of methoxy groups -OCH3 is 1. The highest BCUT2D eigenvalue weighted by Crippen LogP contribution is 2.18. The van der Waals surface area contributed by atoms with E-state index in [4.69, 9.17) is 4.74 Å². The smallest absolute Gasteiger partial charge is 0.251 e. The van der Waals surface area contributed by atoms with E-state index < -0.39 is 10.0 Å². The molecular formula is C19H25N3O4S. The molecule has 1 amide bonds. The minimum atomic E-state index is -3.70. The lowest BCUT2D eigenvalue weighted by atomic mass is 10.2. The van der Waals surface area contributed by atoms with Crippen molar-refractivity contribution in [3.05, 3.63) is 59.7 Å². The molecule has 0 bridgehead atoms. The van der Waals surface area contributed by atoms with Crippen LogP contribution in [0.5, 0.6) is 5.75 Å². The van der Waals surface area contributed by atoms with Gasteiger partial charge >= 0.3 is 0 Å². The first-order valence-corrected chi connectivity index (χ1v) is 9.96. The SMILES string of the molecule is COc1ccccc1CNS(=O)(=O)c1ccc(C(=O)NCCN(C)C)cc1. The summed E-state index contributed by atoms with van der Waals surface area (Å²) in [5.41, 5.74) is 1.15. The van der Waals surface area contributed by atoms with Crippen molar-refractivity contribution in [3.8, 4) is 5.75 Å². The molecule has 146 valence electrons. The number of para-hydroxylation sites is 1. The first-order valence-electron chi connectivity index (χ1n) is 8.48. The normalized spacial score (nSPS) is 11.4. The van der Waals surface area contributed by atoms with Crippen molar-refractivity contribution in [1.82, 2.24) is 14.9 Å². The maximum atomic E-state index is 12.5. The van der Waals surface area contributed by atoms with Crippen LogP contribution in [-0.4, -0.2) is 53.5 Å². The predicted molar refractivity (Wildman–Crippen MR) is 104 cm³/mol. The third-order valence-electron chi connectivity index (χ3n) is 3.92. The highest BCUT2D eigenvalue weighted by atomic mass is 32.2. The van der Waals surface area contributed by atoms with Gasteiger partial charge in [-0.25, -0.2) is 13.1 Å².